The third-order valence-corrected chi connectivity index (χ3v) is 6.01. The summed E-state index contributed by atoms with van der Waals surface area (Å²) in [5.41, 5.74) is -1.29. The molecule has 4 heterocycles. The highest BCUT2D eigenvalue weighted by atomic mass is 19.4. The van der Waals surface area contributed by atoms with E-state index >= 15 is 0 Å². The van der Waals surface area contributed by atoms with Crippen molar-refractivity contribution in [3.8, 4) is 0 Å². The summed E-state index contributed by atoms with van der Waals surface area (Å²) in [4.78, 5) is 21.4. The molecule has 3 aliphatic rings. The first kappa shape index (κ1) is 18.5. The highest BCUT2D eigenvalue weighted by Crippen LogP contribution is 2.55. The van der Waals surface area contributed by atoms with Gasteiger partial charge < -0.3 is 15.0 Å². The Hall–Kier alpha value is -1.90. The van der Waals surface area contributed by atoms with Gasteiger partial charge in [0.05, 0.1) is 18.2 Å². The minimum absolute atomic E-state index is 0.0328. The molecule has 3 aliphatic heterocycles. The van der Waals surface area contributed by atoms with Crippen LogP contribution in [0, 0.1) is 11.8 Å². The number of amides is 1. The molecule has 9 heteroatoms. The Bertz CT molecular complexity index is 729. The molecule has 1 N–H and O–H groups in total. The number of carbonyl (C=O) groups excluding carboxylic acids is 1. The number of nitrogens with one attached hydrogen (secondary N) is 1. The van der Waals surface area contributed by atoms with E-state index in [1.54, 1.807) is 4.90 Å². The second-order valence-corrected chi connectivity index (χ2v) is 7.70. The molecule has 4 atom stereocenters. The number of alkyl halides is 3. The average molecular weight is 384 g/mol. The fraction of sp³-hybridized carbons (Fsp3) is 0.722. The predicted octanol–water partition coefficient (Wildman–Crippen LogP) is 2.40. The van der Waals surface area contributed by atoms with Crippen molar-refractivity contribution in [3.05, 3.63) is 18.0 Å². The number of hydrogen-bond donors (Lipinski definition) is 1. The lowest BCUT2D eigenvalue weighted by Crippen LogP contribution is -2.41. The van der Waals surface area contributed by atoms with Crippen LogP contribution in [0.4, 0.5) is 19.1 Å². The topological polar surface area (TPSA) is 67.4 Å². The Morgan fingerprint density at radius 1 is 1.48 bits per heavy atom. The second-order valence-electron chi connectivity index (χ2n) is 7.70. The molecule has 6 nitrogen and oxygen atoms in total. The Morgan fingerprint density at radius 3 is 3.04 bits per heavy atom. The first-order chi connectivity index (χ1) is 12.8. The number of halogens is 3. The Labute approximate surface area is 155 Å². The highest BCUT2D eigenvalue weighted by molar-refractivity contribution is 5.75. The standard InChI is InChI=1S/C18H23F3N4O2/c1-2-3-15(26)23-8-11-12-9-25(10-17(12)6-4-13(11)27-17)16-22-7-5-14(24-16)18(19,20)21/h5,7,11-13H,2-4,6,8-10H2,1H3,(H,23,26)/t11-,12+,13+,17+/m0/s1. The maximum absolute atomic E-state index is 13.0. The van der Waals surface area contributed by atoms with E-state index in [9.17, 15) is 18.0 Å². The molecule has 0 aliphatic carbocycles. The highest BCUT2D eigenvalue weighted by Gasteiger charge is 2.63. The Kier molecular flexibility index (Phi) is 4.52. The minimum atomic E-state index is -4.49. The smallest absolute Gasteiger partial charge is 0.369 e. The van der Waals surface area contributed by atoms with Crippen LogP contribution in [0.3, 0.4) is 0 Å². The predicted molar refractivity (Wildman–Crippen MR) is 91.0 cm³/mol. The fourth-order valence-electron chi connectivity index (χ4n) is 4.82. The molecule has 1 amide bonds. The summed E-state index contributed by atoms with van der Waals surface area (Å²) < 4.78 is 45.2. The first-order valence-electron chi connectivity index (χ1n) is 9.42. The molecular weight excluding hydrogens is 361 g/mol. The van der Waals surface area contributed by atoms with Crippen LogP contribution >= 0.6 is 0 Å². The number of fused-ring (bicyclic) bond motifs is 1. The van der Waals surface area contributed by atoms with E-state index in [4.69, 9.17) is 4.74 Å². The Morgan fingerprint density at radius 2 is 2.30 bits per heavy atom. The molecule has 1 aromatic heterocycles. The van der Waals surface area contributed by atoms with Gasteiger partial charge in [0.25, 0.3) is 0 Å². The van der Waals surface area contributed by atoms with E-state index in [0.29, 0.717) is 26.1 Å². The monoisotopic (exact) mass is 384 g/mol. The summed E-state index contributed by atoms with van der Waals surface area (Å²) in [6.07, 6.45) is -0.131. The lowest BCUT2D eigenvalue weighted by atomic mass is 9.73. The van der Waals surface area contributed by atoms with Crippen molar-refractivity contribution in [2.45, 2.75) is 50.5 Å². The zero-order valence-corrected chi connectivity index (χ0v) is 15.1. The third kappa shape index (κ3) is 3.26. The van der Waals surface area contributed by atoms with Crippen LogP contribution in [-0.4, -0.2) is 47.2 Å². The molecule has 0 unspecified atom stereocenters. The van der Waals surface area contributed by atoms with E-state index in [2.05, 4.69) is 15.3 Å². The molecule has 1 spiro atoms. The molecule has 148 valence electrons. The van der Waals surface area contributed by atoms with Gasteiger partial charge in [-0.3, -0.25) is 4.79 Å². The summed E-state index contributed by atoms with van der Waals surface area (Å²) >= 11 is 0. The number of carbonyl (C=O) groups is 1. The maximum atomic E-state index is 13.0. The van der Waals surface area contributed by atoms with E-state index < -0.39 is 11.9 Å². The van der Waals surface area contributed by atoms with Crippen molar-refractivity contribution < 1.29 is 22.7 Å². The summed E-state index contributed by atoms with van der Waals surface area (Å²) in [5, 5.41) is 2.99. The van der Waals surface area contributed by atoms with E-state index in [1.165, 1.54) is 0 Å². The molecule has 27 heavy (non-hydrogen) atoms. The van der Waals surface area contributed by atoms with Gasteiger partial charge >= 0.3 is 6.18 Å². The van der Waals surface area contributed by atoms with Gasteiger partial charge in [0.2, 0.25) is 11.9 Å². The van der Waals surface area contributed by atoms with Gasteiger partial charge in [-0.25, -0.2) is 9.97 Å². The molecule has 0 saturated carbocycles. The van der Waals surface area contributed by atoms with Gasteiger partial charge in [0.1, 0.15) is 5.69 Å². The van der Waals surface area contributed by atoms with Gasteiger partial charge in [-0.1, -0.05) is 6.92 Å². The summed E-state index contributed by atoms with van der Waals surface area (Å²) in [6.45, 7) is 3.55. The SMILES string of the molecule is CCCC(=O)NC[C@H]1[C@H]2CN(c3nccc(C(F)(F)F)n3)C[C@]23CC[C@H]1O3. The zero-order valence-electron chi connectivity index (χ0n) is 15.1. The van der Waals surface area contributed by atoms with E-state index in [1.807, 2.05) is 6.92 Å². The van der Waals surface area contributed by atoms with Crippen molar-refractivity contribution in [2.75, 3.05) is 24.5 Å². The van der Waals surface area contributed by atoms with E-state index in [-0.39, 0.29) is 35.4 Å². The molecule has 4 rings (SSSR count). The fourth-order valence-corrected chi connectivity index (χ4v) is 4.82. The number of nitrogens with zero attached hydrogens (tertiary/aromatic N) is 3. The van der Waals surface area contributed by atoms with Gasteiger partial charge in [-0.15, -0.1) is 0 Å². The van der Waals surface area contributed by atoms with E-state index in [0.717, 1.165) is 31.5 Å². The van der Waals surface area contributed by atoms with Crippen molar-refractivity contribution in [1.29, 1.82) is 0 Å². The van der Waals surface area contributed by atoms with Crippen molar-refractivity contribution in [1.82, 2.24) is 15.3 Å². The van der Waals surface area contributed by atoms with Crippen LogP contribution in [0.2, 0.25) is 0 Å². The van der Waals surface area contributed by atoms with Crippen molar-refractivity contribution >= 4 is 11.9 Å². The average Bonchev–Trinajstić information content (AvgIpc) is 3.28. The molecule has 0 radical (unpaired) electrons. The van der Waals surface area contributed by atoms with Crippen LogP contribution in [0.5, 0.6) is 0 Å². The molecular formula is C18H23F3N4O2. The molecule has 3 fully saturated rings. The minimum Gasteiger partial charge on any atom is -0.369 e. The summed E-state index contributed by atoms with van der Waals surface area (Å²) in [6, 6.07) is 0.882. The number of aromatic nitrogens is 2. The van der Waals surface area contributed by atoms with Crippen LogP contribution in [-0.2, 0) is 15.7 Å². The maximum Gasteiger partial charge on any atom is 0.433 e. The normalized spacial score (nSPS) is 32.0. The summed E-state index contributed by atoms with van der Waals surface area (Å²) in [7, 11) is 0. The number of anilines is 1. The van der Waals surface area contributed by atoms with Crippen molar-refractivity contribution in [3.63, 3.8) is 0 Å². The van der Waals surface area contributed by atoms with Crippen LogP contribution < -0.4 is 10.2 Å². The van der Waals surface area contributed by atoms with Gasteiger partial charge in [-0.05, 0) is 25.3 Å². The van der Waals surface area contributed by atoms with Gasteiger partial charge in [0, 0.05) is 37.5 Å². The molecule has 0 aromatic carbocycles. The largest absolute Gasteiger partial charge is 0.433 e. The lowest BCUT2D eigenvalue weighted by molar-refractivity contribution is -0.141. The quantitative estimate of drug-likeness (QED) is 0.844. The molecule has 2 bridgehead atoms. The van der Waals surface area contributed by atoms with Crippen LogP contribution in [0.25, 0.3) is 0 Å². The molecule has 1 aromatic rings. The van der Waals surface area contributed by atoms with Gasteiger partial charge in [-0.2, -0.15) is 13.2 Å². The lowest BCUT2D eigenvalue weighted by Gasteiger charge is -2.29. The van der Waals surface area contributed by atoms with Gasteiger partial charge in [0.15, 0.2) is 0 Å². The number of rotatable bonds is 5. The summed E-state index contributed by atoms with van der Waals surface area (Å²) in [5.74, 6) is 0.464. The Balaban J connectivity index is 1.49. The van der Waals surface area contributed by atoms with Crippen molar-refractivity contribution in [2.24, 2.45) is 11.8 Å². The number of hydrogen-bond acceptors (Lipinski definition) is 5. The van der Waals surface area contributed by atoms with Crippen LogP contribution in [0.1, 0.15) is 38.3 Å². The second kappa shape index (κ2) is 6.61. The first-order valence-corrected chi connectivity index (χ1v) is 9.42. The third-order valence-electron chi connectivity index (χ3n) is 6.01. The number of ether oxygens (including phenoxy) is 1. The molecule has 3 saturated heterocycles. The van der Waals surface area contributed by atoms with Crippen LogP contribution in [0.15, 0.2) is 12.3 Å². The zero-order chi connectivity index (χ0) is 19.2.